The fraction of sp³-hybridized carbons (Fsp3) is 0.316. The van der Waals surface area contributed by atoms with Crippen LogP contribution in [0.1, 0.15) is 5.56 Å². The number of rotatable bonds is 4. The lowest BCUT2D eigenvalue weighted by Crippen LogP contribution is -2.49. The number of anilines is 1. The Labute approximate surface area is 145 Å². The van der Waals surface area contributed by atoms with Crippen LogP contribution in [0.2, 0.25) is 0 Å². The predicted molar refractivity (Wildman–Crippen MR) is 91.8 cm³/mol. The number of hydrogen-bond donors (Lipinski definition) is 0. The van der Waals surface area contributed by atoms with Gasteiger partial charge in [0.15, 0.2) is 0 Å². The van der Waals surface area contributed by atoms with E-state index < -0.39 is 11.6 Å². The van der Waals surface area contributed by atoms with Crippen molar-refractivity contribution in [3.05, 3.63) is 59.7 Å². The van der Waals surface area contributed by atoms with Crippen molar-refractivity contribution in [3.63, 3.8) is 0 Å². The van der Waals surface area contributed by atoms with Crippen LogP contribution in [0.5, 0.6) is 5.75 Å². The minimum absolute atomic E-state index is 0.0457. The van der Waals surface area contributed by atoms with Gasteiger partial charge in [-0.15, -0.1) is 0 Å². The standard InChI is InChI=1S/C19H20F2N2O2/c1-25-16-5-2-14(3-6-16)12-19(24)23-10-8-22(9-11-23)18-7-4-15(20)13-17(18)21/h2-7,13H,8-12H2,1H3. The molecule has 2 aromatic carbocycles. The molecule has 1 aliphatic heterocycles. The number of ether oxygens (including phenoxy) is 1. The summed E-state index contributed by atoms with van der Waals surface area (Å²) in [5, 5.41) is 0. The molecule has 0 atom stereocenters. The van der Waals surface area contributed by atoms with Gasteiger partial charge in [0.1, 0.15) is 17.4 Å². The van der Waals surface area contributed by atoms with Crippen molar-refractivity contribution in [1.29, 1.82) is 0 Å². The van der Waals surface area contributed by atoms with Crippen LogP contribution in [-0.4, -0.2) is 44.1 Å². The average molecular weight is 346 g/mol. The zero-order valence-corrected chi connectivity index (χ0v) is 14.0. The Morgan fingerprint density at radius 2 is 1.72 bits per heavy atom. The average Bonchev–Trinajstić information content (AvgIpc) is 2.62. The van der Waals surface area contributed by atoms with E-state index in [1.165, 1.54) is 12.1 Å². The molecule has 0 spiro atoms. The van der Waals surface area contributed by atoms with Crippen LogP contribution in [0.15, 0.2) is 42.5 Å². The van der Waals surface area contributed by atoms with Gasteiger partial charge in [0, 0.05) is 32.2 Å². The topological polar surface area (TPSA) is 32.8 Å². The summed E-state index contributed by atoms with van der Waals surface area (Å²) in [4.78, 5) is 16.0. The first-order valence-electron chi connectivity index (χ1n) is 8.17. The number of carbonyl (C=O) groups excluding carboxylic acids is 1. The van der Waals surface area contributed by atoms with Gasteiger partial charge in [-0.05, 0) is 29.8 Å². The first kappa shape index (κ1) is 17.2. The maximum atomic E-state index is 13.9. The summed E-state index contributed by atoms with van der Waals surface area (Å²) in [6.07, 6.45) is 0.328. The molecule has 0 bridgehead atoms. The van der Waals surface area contributed by atoms with E-state index >= 15 is 0 Å². The van der Waals surface area contributed by atoms with Gasteiger partial charge in [-0.3, -0.25) is 4.79 Å². The Morgan fingerprint density at radius 1 is 1.04 bits per heavy atom. The lowest BCUT2D eigenvalue weighted by molar-refractivity contribution is -0.130. The second-order valence-corrected chi connectivity index (χ2v) is 5.99. The number of carbonyl (C=O) groups is 1. The molecule has 0 aromatic heterocycles. The Kier molecular flexibility index (Phi) is 5.16. The second kappa shape index (κ2) is 7.51. The fourth-order valence-electron chi connectivity index (χ4n) is 2.96. The van der Waals surface area contributed by atoms with Gasteiger partial charge in [-0.2, -0.15) is 0 Å². The molecule has 25 heavy (non-hydrogen) atoms. The van der Waals surface area contributed by atoms with Gasteiger partial charge in [0.25, 0.3) is 0 Å². The summed E-state index contributed by atoms with van der Waals surface area (Å²) in [7, 11) is 1.60. The van der Waals surface area contributed by atoms with Crippen LogP contribution in [0, 0.1) is 11.6 Å². The third-order valence-electron chi connectivity index (χ3n) is 4.40. The molecule has 2 aromatic rings. The molecule has 4 nitrogen and oxygen atoms in total. The van der Waals surface area contributed by atoms with E-state index in [4.69, 9.17) is 4.74 Å². The molecule has 1 aliphatic rings. The van der Waals surface area contributed by atoms with Crippen LogP contribution >= 0.6 is 0 Å². The van der Waals surface area contributed by atoms with E-state index in [0.717, 1.165) is 17.4 Å². The number of halogens is 2. The molecule has 0 radical (unpaired) electrons. The molecule has 0 saturated carbocycles. The van der Waals surface area contributed by atoms with Crippen LogP contribution in [0.25, 0.3) is 0 Å². The zero-order chi connectivity index (χ0) is 17.8. The van der Waals surface area contributed by atoms with Gasteiger partial charge < -0.3 is 14.5 Å². The largest absolute Gasteiger partial charge is 0.497 e. The smallest absolute Gasteiger partial charge is 0.227 e. The van der Waals surface area contributed by atoms with Crippen molar-refractivity contribution in [2.45, 2.75) is 6.42 Å². The van der Waals surface area contributed by atoms with E-state index in [1.54, 1.807) is 12.0 Å². The van der Waals surface area contributed by atoms with E-state index in [2.05, 4.69) is 0 Å². The van der Waals surface area contributed by atoms with Crippen molar-refractivity contribution in [2.24, 2.45) is 0 Å². The zero-order valence-electron chi connectivity index (χ0n) is 14.0. The Hall–Kier alpha value is -2.63. The highest BCUT2D eigenvalue weighted by Gasteiger charge is 2.23. The first-order valence-corrected chi connectivity index (χ1v) is 8.17. The molecule has 0 N–H and O–H groups in total. The Morgan fingerprint density at radius 3 is 2.32 bits per heavy atom. The Balaban J connectivity index is 1.56. The van der Waals surface area contributed by atoms with Crippen LogP contribution in [0.3, 0.4) is 0 Å². The molecule has 132 valence electrons. The van der Waals surface area contributed by atoms with Crippen LogP contribution in [0.4, 0.5) is 14.5 Å². The van der Waals surface area contributed by atoms with Crippen molar-refractivity contribution in [2.75, 3.05) is 38.2 Å². The third kappa shape index (κ3) is 4.07. The molecular weight excluding hydrogens is 326 g/mol. The third-order valence-corrected chi connectivity index (χ3v) is 4.40. The second-order valence-electron chi connectivity index (χ2n) is 5.99. The quantitative estimate of drug-likeness (QED) is 0.853. The van der Waals surface area contributed by atoms with Crippen molar-refractivity contribution >= 4 is 11.6 Å². The molecule has 3 rings (SSSR count). The molecular formula is C19H20F2N2O2. The summed E-state index contributed by atoms with van der Waals surface area (Å²) in [6.45, 7) is 2.09. The lowest BCUT2D eigenvalue weighted by atomic mass is 10.1. The highest BCUT2D eigenvalue weighted by Crippen LogP contribution is 2.22. The highest BCUT2D eigenvalue weighted by molar-refractivity contribution is 5.79. The summed E-state index contributed by atoms with van der Waals surface area (Å²) in [5.74, 6) is -0.358. The molecule has 1 fully saturated rings. The summed E-state index contributed by atoms with van der Waals surface area (Å²) >= 11 is 0. The lowest BCUT2D eigenvalue weighted by Gasteiger charge is -2.36. The van der Waals surface area contributed by atoms with E-state index in [1.807, 2.05) is 29.2 Å². The summed E-state index contributed by atoms with van der Waals surface area (Å²) in [5.41, 5.74) is 1.31. The van der Waals surface area contributed by atoms with Crippen molar-refractivity contribution in [3.8, 4) is 5.75 Å². The van der Waals surface area contributed by atoms with Gasteiger partial charge in [-0.25, -0.2) is 8.78 Å². The molecule has 1 amide bonds. The Bertz CT molecular complexity index is 742. The maximum Gasteiger partial charge on any atom is 0.227 e. The summed E-state index contributed by atoms with van der Waals surface area (Å²) in [6, 6.07) is 11.0. The minimum Gasteiger partial charge on any atom is -0.497 e. The van der Waals surface area contributed by atoms with Crippen molar-refractivity contribution in [1.82, 2.24) is 4.90 Å². The molecule has 1 saturated heterocycles. The van der Waals surface area contributed by atoms with Crippen molar-refractivity contribution < 1.29 is 18.3 Å². The molecule has 6 heteroatoms. The molecule has 0 unspecified atom stereocenters. The monoisotopic (exact) mass is 346 g/mol. The number of amides is 1. The fourth-order valence-corrected chi connectivity index (χ4v) is 2.96. The first-order chi connectivity index (χ1) is 12.1. The van der Waals surface area contributed by atoms with Gasteiger partial charge in [-0.1, -0.05) is 12.1 Å². The van der Waals surface area contributed by atoms with Gasteiger partial charge in [0.05, 0.1) is 19.2 Å². The highest BCUT2D eigenvalue weighted by atomic mass is 19.1. The maximum absolute atomic E-state index is 13.9. The SMILES string of the molecule is COc1ccc(CC(=O)N2CCN(c3ccc(F)cc3F)CC2)cc1. The molecule has 0 aliphatic carbocycles. The van der Waals surface area contributed by atoms with Gasteiger partial charge in [0.2, 0.25) is 5.91 Å². The predicted octanol–water partition coefficient (Wildman–Crippen LogP) is 2.86. The number of methoxy groups -OCH3 is 1. The van der Waals surface area contributed by atoms with Gasteiger partial charge >= 0.3 is 0 Å². The van der Waals surface area contributed by atoms with Crippen LogP contribution in [-0.2, 0) is 11.2 Å². The minimum atomic E-state index is -0.588. The number of nitrogens with zero attached hydrogens (tertiary/aromatic N) is 2. The number of benzene rings is 2. The molecule has 1 heterocycles. The number of hydrogen-bond acceptors (Lipinski definition) is 3. The normalized spacial score (nSPS) is 14.5. The van der Waals surface area contributed by atoms with E-state index in [9.17, 15) is 13.6 Å². The van der Waals surface area contributed by atoms with E-state index in [0.29, 0.717) is 38.3 Å². The van der Waals surface area contributed by atoms with E-state index in [-0.39, 0.29) is 5.91 Å². The number of piperazine rings is 1. The van der Waals surface area contributed by atoms with Crippen LogP contribution < -0.4 is 9.64 Å². The summed E-state index contributed by atoms with van der Waals surface area (Å²) < 4.78 is 32.0.